The Balaban J connectivity index is 1.65. The number of benzene rings is 1. The zero-order chi connectivity index (χ0) is 31.7. The van der Waals surface area contributed by atoms with E-state index in [1.807, 2.05) is 4.72 Å². The Kier molecular flexibility index (Phi) is 9.13. The van der Waals surface area contributed by atoms with Gasteiger partial charge in [0.2, 0.25) is 21.9 Å². The van der Waals surface area contributed by atoms with Crippen molar-refractivity contribution in [3.05, 3.63) is 40.6 Å². The van der Waals surface area contributed by atoms with Gasteiger partial charge in [0.25, 0.3) is 5.56 Å². The van der Waals surface area contributed by atoms with Gasteiger partial charge in [-0.05, 0) is 39.3 Å². The standard InChI is InChI=1S/C26H31F4N7O5S/c1-14(2)37-22-20(11-31-24(34-22)32-17-8-15(10-27)12-36(13-17)25(39)40)33-21(23(37)38)16-4-5-19(18(28)9-16)35-43(41,42)7-6-26(3,29)30/h4-5,9,11,14-15,17,35H,6-8,10,12-13H2,1-3H3,(H,39,40)(H,31,32,34)/t15-,17-/m0/s1. The molecule has 3 aromatic rings. The first-order chi connectivity index (χ1) is 20.1. The first kappa shape index (κ1) is 31.9. The molecule has 3 heterocycles. The number of carbonyl (C=O) groups is 1. The van der Waals surface area contributed by atoms with Crippen LogP contribution < -0.4 is 15.6 Å². The molecule has 0 spiro atoms. The Morgan fingerprint density at radius 3 is 2.56 bits per heavy atom. The highest BCUT2D eigenvalue weighted by atomic mass is 32.2. The number of anilines is 2. The molecule has 43 heavy (non-hydrogen) atoms. The zero-order valence-electron chi connectivity index (χ0n) is 23.5. The highest BCUT2D eigenvalue weighted by Gasteiger charge is 2.31. The fourth-order valence-corrected chi connectivity index (χ4v) is 6.00. The van der Waals surface area contributed by atoms with Crippen LogP contribution in [0.1, 0.15) is 39.7 Å². The number of hydrogen-bond donors (Lipinski definition) is 3. The predicted octanol–water partition coefficient (Wildman–Crippen LogP) is 4.11. The molecule has 234 valence electrons. The zero-order valence-corrected chi connectivity index (χ0v) is 24.3. The number of sulfonamides is 1. The summed E-state index contributed by atoms with van der Waals surface area (Å²) in [4.78, 5) is 39.1. The van der Waals surface area contributed by atoms with Crippen molar-refractivity contribution in [2.24, 2.45) is 5.92 Å². The maximum absolute atomic E-state index is 14.9. The summed E-state index contributed by atoms with van der Waals surface area (Å²) in [5.41, 5.74) is -0.927. The van der Waals surface area contributed by atoms with Crippen LogP contribution in [-0.2, 0) is 10.0 Å². The van der Waals surface area contributed by atoms with Crippen LogP contribution in [0.3, 0.4) is 0 Å². The molecule has 0 unspecified atom stereocenters. The molecule has 0 aliphatic carbocycles. The number of fused-ring (bicyclic) bond motifs is 1. The van der Waals surface area contributed by atoms with Crippen LogP contribution in [0.25, 0.3) is 22.4 Å². The van der Waals surface area contributed by atoms with E-state index in [4.69, 9.17) is 0 Å². The van der Waals surface area contributed by atoms with Gasteiger partial charge in [-0.3, -0.25) is 18.5 Å². The first-order valence-electron chi connectivity index (χ1n) is 13.3. The van der Waals surface area contributed by atoms with Gasteiger partial charge >= 0.3 is 6.09 Å². The molecule has 2 atom stereocenters. The Bertz CT molecular complexity index is 1680. The van der Waals surface area contributed by atoms with E-state index in [0.29, 0.717) is 13.3 Å². The molecular formula is C26H31F4N7O5S. The lowest BCUT2D eigenvalue weighted by molar-refractivity contribution is 0.0189. The number of halogens is 4. The SMILES string of the molecule is CC(C)n1c(=O)c(-c2ccc(NS(=O)(=O)CCC(C)(F)F)c(F)c2)nc2cnc(N[C@H]3C[C@@H](CF)CN(C(=O)O)C3)nc21. The van der Waals surface area contributed by atoms with Crippen molar-refractivity contribution >= 4 is 38.9 Å². The lowest BCUT2D eigenvalue weighted by atomic mass is 9.95. The van der Waals surface area contributed by atoms with Crippen LogP contribution in [-0.4, -0.2) is 81.5 Å². The van der Waals surface area contributed by atoms with Gasteiger partial charge in [-0.15, -0.1) is 0 Å². The summed E-state index contributed by atoms with van der Waals surface area (Å²) in [5, 5.41) is 12.4. The van der Waals surface area contributed by atoms with Crippen molar-refractivity contribution in [1.82, 2.24) is 24.4 Å². The summed E-state index contributed by atoms with van der Waals surface area (Å²) in [7, 11) is -4.27. The van der Waals surface area contributed by atoms with Crippen molar-refractivity contribution in [2.45, 2.75) is 51.6 Å². The number of rotatable bonds is 10. The molecule has 0 bridgehead atoms. The fraction of sp³-hybridized carbons (Fsp3) is 0.500. The summed E-state index contributed by atoms with van der Waals surface area (Å²) in [5.74, 6) is -5.61. The van der Waals surface area contributed by atoms with Gasteiger partial charge in [-0.2, -0.15) is 4.98 Å². The summed E-state index contributed by atoms with van der Waals surface area (Å²) in [6.07, 6.45) is -0.438. The molecule has 12 nitrogen and oxygen atoms in total. The highest BCUT2D eigenvalue weighted by Crippen LogP contribution is 2.26. The van der Waals surface area contributed by atoms with Crippen LogP contribution in [0, 0.1) is 11.7 Å². The van der Waals surface area contributed by atoms with Crippen molar-refractivity contribution in [2.75, 3.05) is 35.6 Å². The van der Waals surface area contributed by atoms with E-state index in [2.05, 4.69) is 20.3 Å². The molecule has 4 rings (SSSR count). The number of carboxylic acid groups (broad SMARTS) is 1. The normalized spacial score (nSPS) is 17.8. The summed E-state index contributed by atoms with van der Waals surface area (Å²) in [6.45, 7) is 3.49. The van der Waals surface area contributed by atoms with E-state index in [1.54, 1.807) is 13.8 Å². The largest absolute Gasteiger partial charge is 0.465 e. The topological polar surface area (TPSA) is 159 Å². The van der Waals surface area contributed by atoms with E-state index >= 15 is 0 Å². The third kappa shape index (κ3) is 7.69. The van der Waals surface area contributed by atoms with Gasteiger partial charge in [-0.25, -0.2) is 36.4 Å². The Morgan fingerprint density at radius 2 is 1.95 bits per heavy atom. The van der Waals surface area contributed by atoms with E-state index in [0.717, 1.165) is 17.0 Å². The van der Waals surface area contributed by atoms with E-state index < -0.39 is 76.0 Å². The second-order valence-corrected chi connectivity index (χ2v) is 12.7. The minimum absolute atomic E-state index is 0.0253. The average Bonchev–Trinajstić information content (AvgIpc) is 2.92. The molecule has 3 N–H and O–H groups in total. The van der Waals surface area contributed by atoms with Gasteiger partial charge in [0.1, 0.15) is 17.0 Å². The van der Waals surface area contributed by atoms with E-state index in [9.17, 15) is 40.7 Å². The number of alkyl halides is 3. The number of nitrogens with zero attached hydrogens (tertiary/aromatic N) is 5. The highest BCUT2D eigenvalue weighted by molar-refractivity contribution is 7.92. The summed E-state index contributed by atoms with van der Waals surface area (Å²) < 4.78 is 82.1. The number of piperidine rings is 1. The first-order valence-corrected chi connectivity index (χ1v) is 15.0. The lowest BCUT2D eigenvalue weighted by Gasteiger charge is -2.35. The quantitative estimate of drug-likeness (QED) is 0.281. The van der Waals surface area contributed by atoms with Crippen molar-refractivity contribution in [3.8, 4) is 11.3 Å². The molecule has 0 saturated carbocycles. The van der Waals surface area contributed by atoms with Crippen molar-refractivity contribution in [1.29, 1.82) is 0 Å². The van der Waals surface area contributed by atoms with Crippen LogP contribution in [0.4, 0.5) is 34.0 Å². The summed E-state index contributed by atoms with van der Waals surface area (Å²) >= 11 is 0. The molecule has 17 heteroatoms. The predicted molar refractivity (Wildman–Crippen MR) is 151 cm³/mol. The minimum Gasteiger partial charge on any atom is -0.465 e. The number of nitrogens with one attached hydrogen (secondary N) is 2. The smallest absolute Gasteiger partial charge is 0.407 e. The second kappa shape index (κ2) is 12.3. The lowest BCUT2D eigenvalue weighted by Crippen LogP contribution is -2.49. The van der Waals surface area contributed by atoms with E-state index in [1.165, 1.54) is 16.8 Å². The minimum atomic E-state index is -4.27. The van der Waals surface area contributed by atoms with Gasteiger partial charge in [0.05, 0.1) is 24.3 Å². The maximum Gasteiger partial charge on any atom is 0.407 e. The molecule has 2 aromatic heterocycles. The monoisotopic (exact) mass is 629 g/mol. The van der Waals surface area contributed by atoms with Crippen molar-refractivity contribution in [3.63, 3.8) is 0 Å². The summed E-state index contributed by atoms with van der Waals surface area (Å²) in [6, 6.07) is 2.32. The molecule has 1 amide bonds. The van der Waals surface area contributed by atoms with Gasteiger partial charge in [0, 0.05) is 43.1 Å². The Labute approximate surface area is 244 Å². The second-order valence-electron chi connectivity index (χ2n) is 10.9. The molecule has 1 aromatic carbocycles. The molecule has 0 radical (unpaired) electrons. The van der Waals surface area contributed by atoms with Gasteiger partial charge < -0.3 is 15.3 Å². The molecular weight excluding hydrogens is 598 g/mol. The van der Waals surface area contributed by atoms with Gasteiger partial charge in [-0.1, -0.05) is 6.07 Å². The molecule has 1 saturated heterocycles. The van der Waals surface area contributed by atoms with Crippen molar-refractivity contribution < 1.29 is 35.9 Å². The Morgan fingerprint density at radius 1 is 1.23 bits per heavy atom. The third-order valence-corrected chi connectivity index (χ3v) is 8.10. The van der Waals surface area contributed by atoms with Crippen LogP contribution in [0.2, 0.25) is 0 Å². The number of aromatic nitrogens is 4. The number of amides is 1. The van der Waals surface area contributed by atoms with Gasteiger partial charge in [0.15, 0.2) is 5.65 Å². The van der Waals surface area contributed by atoms with E-state index in [-0.39, 0.29) is 41.5 Å². The third-order valence-electron chi connectivity index (χ3n) is 6.83. The average molecular weight is 630 g/mol. The van der Waals surface area contributed by atoms with Crippen LogP contribution >= 0.6 is 0 Å². The molecule has 1 fully saturated rings. The number of likely N-dealkylation sites (tertiary alicyclic amines) is 1. The fourth-order valence-electron chi connectivity index (χ4n) is 4.77. The van der Waals surface area contributed by atoms with Crippen LogP contribution in [0.5, 0.6) is 0 Å². The molecule has 1 aliphatic heterocycles. The maximum atomic E-state index is 14.9. The Hall–Kier alpha value is -4.02. The number of hydrogen-bond acceptors (Lipinski definition) is 8. The van der Waals surface area contributed by atoms with Crippen LogP contribution in [0.15, 0.2) is 29.2 Å². The molecule has 1 aliphatic rings.